The Labute approximate surface area is 96.1 Å². The molecule has 1 rings (SSSR count). The molecule has 1 aromatic heterocycles. The molecule has 0 spiro atoms. The summed E-state index contributed by atoms with van der Waals surface area (Å²) in [6.07, 6.45) is 2.11. The van der Waals surface area contributed by atoms with E-state index in [0.717, 1.165) is 0 Å². The Morgan fingerprint density at radius 1 is 1.56 bits per heavy atom. The second kappa shape index (κ2) is 5.27. The van der Waals surface area contributed by atoms with Crippen molar-refractivity contribution < 1.29 is 8.42 Å². The van der Waals surface area contributed by atoms with Crippen LogP contribution in [0.3, 0.4) is 0 Å². The van der Waals surface area contributed by atoms with Gasteiger partial charge in [-0.3, -0.25) is 9.71 Å². The van der Waals surface area contributed by atoms with Crippen LogP contribution in [-0.2, 0) is 10.0 Å². The highest BCUT2D eigenvalue weighted by Gasteiger charge is 2.22. The van der Waals surface area contributed by atoms with Gasteiger partial charge in [-0.15, -0.1) is 0 Å². The molecule has 0 aliphatic carbocycles. The smallest absolute Gasteiger partial charge is 0.236 e. The minimum absolute atomic E-state index is 0.116. The van der Waals surface area contributed by atoms with E-state index in [1.54, 1.807) is 32.2 Å². The first-order valence-corrected chi connectivity index (χ1v) is 6.69. The number of hydrogen-bond donors (Lipinski definition) is 2. The summed E-state index contributed by atoms with van der Waals surface area (Å²) in [4.78, 5) is 4.02. The number of sulfonamides is 1. The Balaban J connectivity index is 2.93. The maximum absolute atomic E-state index is 11.9. The van der Waals surface area contributed by atoms with E-state index in [9.17, 15) is 8.42 Å². The third-order valence-corrected chi connectivity index (χ3v) is 4.32. The van der Waals surface area contributed by atoms with Gasteiger partial charge in [0.05, 0.1) is 16.6 Å². The van der Waals surface area contributed by atoms with Crippen LogP contribution in [0.2, 0.25) is 0 Å². The normalized spacial score (nSPS) is 13.4. The van der Waals surface area contributed by atoms with E-state index < -0.39 is 15.3 Å². The number of anilines is 1. The van der Waals surface area contributed by atoms with Crippen molar-refractivity contribution >= 4 is 15.7 Å². The van der Waals surface area contributed by atoms with E-state index in [4.69, 9.17) is 5.73 Å². The van der Waals surface area contributed by atoms with Gasteiger partial charge < -0.3 is 5.73 Å². The summed E-state index contributed by atoms with van der Waals surface area (Å²) in [6, 6.07) is 3.37. The molecule has 0 saturated heterocycles. The highest BCUT2D eigenvalue weighted by Crippen LogP contribution is 2.15. The van der Waals surface area contributed by atoms with Gasteiger partial charge in [-0.25, -0.2) is 8.42 Å². The first kappa shape index (κ1) is 12.9. The molecular formula is C10H17N3O2S. The molecule has 0 saturated carbocycles. The molecule has 0 aromatic carbocycles. The fraction of sp³-hybridized carbons (Fsp3) is 0.500. The van der Waals surface area contributed by atoms with Crippen molar-refractivity contribution in [2.45, 2.75) is 25.5 Å². The highest BCUT2D eigenvalue weighted by molar-refractivity contribution is 7.93. The maximum Gasteiger partial charge on any atom is 0.236 e. The fourth-order valence-corrected chi connectivity index (χ4v) is 2.72. The molecule has 1 aromatic rings. The van der Waals surface area contributed by atoms with Crippen LogP contribution in [0.15, 0.2) is 18.3 Å². The Kier molecular flexibility index (Phi) is 4.26. The van der Waals surface area contributed by atoms with Gasteiger partial charge in [0.1, 0.15) is 0 Å². The van der Waals surface area contributed by atoms with E-state index in [1.165, 1.54) is 0 Å². The van der Waals surface area contributed by atoms with Crippen molar-refractivity contribution in [3.63, 3.8) is 0 Å². The summed E-state index contributed by atoms with van der Waals surface area (Å²) in [6.45, 7) is 3.67. The zero-order valence-corrected chi connectivity index (χ0v) is 10.3. The molecule has 90 valence electrons. The Morgan fingerprint density at radius 2 is 2.25 bits per heavy atom. The number of aryl methyl sites for hydroxylation is 1. The SMILES string of the molecule is CCC(CN)S(=O)(=O)Nc1cccnc1C. The van der Waals surface area contributed by atoms with Crippen LogP contribution in [0.25, 0.3) is 0 Å². The second-order valence-electron chi connectivity index (χ2n) is 3.55. The van der Waals surface area contributed by atoms with Crippen molar-refractivity contribution in [3.05, 3.63) is 24.0 Å². The average molecular weight is 243 g/mol. The molecule has 1 atom stereocenters. The Hall–Kier alpha value is -1.14. The molecule has 0 fully saturated rings. The minimum atomic E-state index is -3.41. The maximum atomic E-state index is 11.9. The summed E-state index contributed by atoms with van der Waals surface area (Å²) >= 11 is 0. The molecule has 0 aliphatic heterocycles. The van der Waals surface area contributed by atoms with Crippen LogP contribution < -0.4 is 10.5 Å². The number of nitrogens with zero attached hydrogens (tertiary/aromatic N) is 1. The van der Waals surface area contributed by atoms with Gasteiger partial charge >= 0.3 is 0 Å². The van der Waals surface area contributed by atoms with Gasteiger partial charge in [0.15, 0.2) is 0 Å². The molecule has 0 amide bonds. The predicted molar refractivity (Wildman–Crippen MR) is 64.6 cm³/mol. The van der Waals surface area contributed by atoms with Gasteiger partial charge in [0.25, 0.3) is 0 Å². The summed E-state index contributed by atoms with van der Waals surface area (Å²) in [5.74, 6) is 0. The molecule has 1 heterocycles. The average Bonchev–Trinajstić information content (AvgIpc) is 2.22. The number of nitrogens with one attached hydrogen (secondary N) is 1. The monoisotopic (exact) mass is 243 g/mol. The fourth-order valence-electron chi connectivity index (χ4n) is 1.34. The Bertz CT molecular complexity index is 441. The molecule has 0 aliphatic rings. The quantitative estimate of drug-likeness (QED) is 0.803. The highest BCUT2D eigenvalue weighted by atomic mass is 32.2. The zero-order valence-electron chi connectivity index (χ0n) is 9.47. The molecule has 0 radical (unpaired) electrons. The summed E-state index contributed by atoms with van der Waals surface area (Å²) < 4.78 is 26.3. The van der Waals surface area contributed by atoms with E-state index in [2.05, 4.69) is 9.71 Å². The number of nitrogens with two attached hydrogens (primary N) is 1. The van der Waals surface area contributed by atoms with Gasteiger partial charge in [-0.05, 0) is 25.5 Å². The van der Waals surface area contributed by atoms with Crippen molar-refractivity contribution in [1.29, 1.82) is 0 Å². The molecule has 1 unspecified atom stereocenters. The topological polar surface area (TPSA) is 85.1 Å². The van der Waals surface area contributed by atoms with Gasteiger partial charge in [0.2, 0.25) is 10.0 Å². The standard InChI is InChI=1S/C10H17N3O2S/c1-3-9(7-11)16(14,15)13-10-5-4-6-12-8(10)2/h4-6,9,13H,3,7,11H2,1-2H3. The lowest BCUT2D eigenvalue weighted by Crippen LogP contribution is -2.33. The summed E-state index contributed by atoms with van der Waals surface area (Å²) in [5.41, 5.74) is 6.59. The van der Waals surface area contributed by atoms with E-state index in [0.29, 0.717) is 17.8 Å². The third kappa shape index (κ3) is 2.93. The first-order valence-electron chi connectivity index (χ1n) is 5.14. The van der Waals surface area contributed by atoms with Gasteiger partial charge in [-0.1, -0.05) is 6.92 Å². The lowest BCUT2D eigenvalue weighted by atomic mass is 10.3. The summed E-state index contributed by atoms with van der Waals surface area (Å²) in [5, 5.41) is -0.563. The number of aromatic nitrogens is 1. The van der Waals surface area contributed by atoms with E-state index in [-0.39, 0.29) is 6.54 Å². The van der Waals surface area contributed by atoms with Crippen LogP contribution in [0.5, 0.6) is 0 Å². The van der Waals surface area contributed by atoms with Crippen molar-refractivity contribution in [1.82, 2.24) is 4.98 Å². The van der Waals surface area contributed by atoms with Crippen molar-refractivity contribution in [3.8, 4) is 0 Å². The first-order chi connectivity index (χ1) is 7.51. The van der Waals surface area contributed by atoms with Crippen LogP contribution in [-0.4, -0.2) is 25.2 Å². The van der Waals surface area contributed by atoms with Crippen molar-refractivity contribution in [2.75, 3.05) is 11.3 Å². The molecule has 5 nitrogen and oxygen atoms in total. The number of hydrogen-bond acceptors (Lipinski definition) is 4. The van der Waals surface area contributed by atoms with Gasteiger partial charge in [0, 0.05) is 12.7 Å². The minimum Gasteiger partial charge on any atom is -0.329 e. The predicted octanol–water partition coefficient (Wildman–Crippen LogP) is 0.869. The molecule has 0 bridgehead atoms. The molecule has 3 N–H and O–H groups in total. The molecule has 16 heavy (non-hydrogen) atoms. The van der Waals surface area contributed by atoms with Crippen LogP contribution in [0, 0.1) is 6.92 Å². The van der Waals surface area contributed by atoms with Gasteiger partial charge in [-0.2, -0.15) is 0 Å². The van der Waals surface area contributed by atoms with Crippen LogP contribution in [0.1, 0.15) is 19.0 Å². The largest absolute Gasteiger partial charge is 0.329 e. The second-order valence-corrected chi connectivity index (χ2v) is 5.51. The number of rotatable bonds is 5. The van der Waals surface area contributed by atoms with E-state index >= 15 is 0 Å². The zero-order chi connectivity index (χ0) is 12.2. The van der Waals surface area contributed by atoms with Crippen LogP contribution in [0.4, 0.5) is 5.69 Å². The molecular weight excluding hydrogens is 226 g/mol. The Morgan fingerprint density at radius 3 is 2.75 bits per heavy atom. The number of pyridine rings is 1. The van der Waals surface area contributed by atoms with E-state index in [1.807, 2.05) is 0 Å². The lowest BCUT2D eigenvalue weighted by Gasteiger charge is -2.16. The van der Waals surface area contributed by atoms with Crippen LogP contribution >= 0.6 is 0 Å². The van der Waals surface area contributed by atoms with Crippen molar-refractivity contribution in [2.24, 2.45) is 5.73 Å². The third-order valence-electron chi connectivity index (χ3n) is 2.42. The lowest BCUT2D eigenvalue weighted by molar-refractivity contribution is 0.581. The summed E-state index contributed by atoms with van der Waals surface area (Å²) in [7, 11) is -3.41. The molecule has 6 heteroatoms.